The van der Waals surface area contributed by atoms with Crippen molar-refractivity contribution in [3.05, 3.63) is 42.5 Å². The Balaban J connectivity index is 1.90. The summed E-state index contributed by atoms with van der Waals surface area (Å²) in [7, 11) is 0. The number of rotatable bonds is 6. The van der Waals surface area contributed by atoms with E-state index in [2.05, 4.69) is 60.0 Å². The van der Waals surface area contributed by atoms with E-state index in [1.165, 1.54) is 36.5 Å². The molecule has 2 aromatic carbocycles. The summed E-state index contributed by atoms with van der Waals surface area (Å²) in [5.41, 5.74) is 1.06. The van der Waals surface area contributed by atoms with Gasteiger partial charge in [0, 0.05) is 17.6 Å². The summed E-state index contributed by atoms with van der Waals surface area (Å²) in [6.07, 6.45) is 5.00. The molecule has 2 rings (SSSR count). The summed E-state index contributed by atoms with van der Waals surface area (Å²) >= 11 is 5.35. The Labute approximate surface area is 126 Å². The van der Waals surface area contributed by atoms with Crippen LogP contribution in [0.5, 0.6) is 0 Å². The number of thiocarbonyl (C=S) groups is 1. The predicted molar refractivity (Wildman–Crippen MR) is 92.3 cm³/mol. The lowest BCUT2D eigenvalue weighted by Crippen LogP contribution is -2.29. The van der Waals surface area contributed by atoms with Gasteiger partial charge in [0.05, 0.1) is 0 Å². The summed E-state index contributed by atoms with van der Waals surface area (Å²) in [5, 5.41) is 9.70. The molecule has 2 aromatic rings. The molecule has 0 amide bonds. The van der Waals surface area contributed by atoms with Gasteiger partial charge in [-0.3, -0.25) is 0 Å². The van der Waals surface area contributed by atoms with Crippen LogP contribution in [-0.4, -0.2) is 11.7 Å². The molecule has 0 aliphatic rings. The fourth-order valence-corrected chi connectivity index (χ4v) is 2.47. The van der Waals surface area contributed by atoms with Crippen LogP contribution in [0.15, 0.2) is 42.5 Å². The summed E-state index contributed by atoms with van der Waals surface area (Å²) in [5.74, 6) is 0. The molecule has 106 valence electrons. The number of hydrogen-bond acceptors (Lipinski definition) is 1. The predicted octanol–water partition coefficient (Wildman–Crippen LogP) is 4.71. The van der Waals surface area contributed by atoms with E-state index >= 15 is 0 Å². The van der Waals surface area contributed by atoms with Crippen molar-refractivity contribution in [2.75, 3.05) is 11.9 Å². The minimum Gasteiger partial charge on any atom is -0.362 e. The largest absolute Gasteiger partial charge is 0.362 e. The third-order valence-electron chi connectivity index (χ3n) is 3.35. The zero-order chi connectivity index (χ0) is 14.2. The van der Waals surface area contributed by atoms with Gasteiger partial charge in [-0.25, -0.2) is 0 Å². The van der Waals surface area contributed by atoms with Gasteiger partial charge in [0.2, 0.25) is 0 Å². The Morgan fingerprint density at radius 3 is 2.65 bits per heavy atom. The van der Waals surface area contributed by atoms with E-state index in [4.69, 9.17) is 12.2 Å². The zero-order valence-electron chi connectivity index (χ0n) is 12.0. The molecule has 2 nitrogen and oxygen atoms in total. The lowest BCUT2D eigenvalue weighted by atomic mass is 10.1. The monoisotopic (exact) mass is 286 g/mol. The third kappa shape index (κ3) is 4.20. The Kier molecular flexibility index (Phi) is 5.81. The molecule has 0 unspecified atom stereocenters. The molecule has 0 saturated heterocycles. The maximum Gasteiger partial charge on any atom is 0.170 e. The molecule has 0 aromatic heterocycles. The van der Waals surface area contributed by atoms with Crippen molar-refractivity contribution in [1.82, 2.24) is 5.32 Å². The molecule has 0 spiro atoms. The Morgan fingerprint density at radius 2 is 1.80 bits per heavy atom. The van der Waals surface area contributed by atoms with Gasteiger partial charge in [0.25, 0.3) is 0 Å². The smallest absolute Gasteiger partial charge is 0.170 e. The number of benzene rings is 2. The van der Waals surface area contributed by atoms with E-state index in [1.54, 1.807) is 0 Å². The molecule has 0 bridgehead atoms. The first kappa shape index (κ1) is 14.8. The van der Waals surface area contributed by atoms with Crippen LogP contribution in [-0.2, 0) is 0 Å². The van der Waals surface area contributed by atoms with Crippen LogP contribution in [0.3, 0.4) is 0 Å². The molecule has 3 heteroatoms. The van der Waals surface area contributed by atoms with Crippen molar-refractivity contribution in [2.45, 2.75) is 32.6 Å². The van der Waals surface area contributed by atoms with Gasteiger partial charge >= 0.3 is 0 Å². The quantitative estimate of drug-likeness (QED) is 0.594. The van der Waals surface area contributed by atoms with Crippen LogP contribution in [0.4, 0.5) is 5.69 Å². The second kappa shape index (κ2) is 7.85. The van der Waals surface area contributed by atoms with Crippen LogP contribution in [0.25, 0.3) is 10.8 Å². The van der Waals surface area contributed by atoms with Crippen molar-refractivity contribution in [1.29, 1.82) is 0 Å². The average molecular weight is 286 g/mol. The highest BCUT2D eigenvalue weighted by Gasteiger charge is 2.01. The second-order valence-electron chi connectivity index (χ2n) is 4.97. The van der Waals surface area contributed by atoms with Gasteiger partial charge in [-0.15, -0.1) is 0 Å². The summed E-state index contributed by atoms with van der Waals surface area (Å²) in [4.78, 5) is 0. The topological polar surface area (TPSA) is 24.1 Å². The molecule has 0 aliphatic carbocycles. The first-order valence-electron chi connectivity index (χ1n) is 7.34. The first-order chi connectivity index (χ1) is 9.81. The molecule has 0 fully saturated rings. The first-order valence-corrected chi connectivity index (χ1v) is 7.74. The summed E-state index contributed by atoms with van der Waals surface area (Å²) in [6.45, 7) is 3.16. The number of unbranched alkanes of at least 4 members (excludes halogenated alkanes) is 3. The van der Waals surface area contributed by atoms with Gasteiger partial charge in [-0.2, -0.15) is 0 Å². The normalized spacial score (nSPS) is 10.4. The van der Waals surface area contributed by atoms with E-state index in [0.717, 1.165) is 12.2 Å². The molecule has 0 saturated carbocycles. The summed E-state index contributed by atoms with van der Waals surface area (Å²) in [6, 6.07) is 14.6. The van der Waals surface area contributed by atoms with E-state index in [-0.39, 0.29) is 0 Å². The molecule has 20 heavy (non-hydrogen) atoms. The highest BCUT2D eigenvalue weighted by molar-refractivity contribution is 7.80. The highest BCUT2D eigenvalue weighted by atomic mass is 32.1. The van der Waals surface area contributed by atoms with Gasteiger partial charge < -0.3 is 10.6 Å². The van der Waals surface area contributed by atoms with Gasteiger partial charge in [-0.05, 0) is 30.1 Å². The van der Waals surface area contributed by atoms with Crippen LogP contribution in [0, 0.1) is 0 Å². The minimum absolute atomic E-state index is 0.706. The SMILES string of the molecule is CCCCCCNC(=S)Nc1cccc2ccccc12. The van der Waals surface area contributed by atoms with Gasteiger partial charge in [0.15, 0.2) is 5.11 Å². The standard InChI is InChI=1S/C17H22N2S/c1-2-3-4-7-13-18-17(20)19-16-12-8-10-14-9-5-6-11-15(14)16/h5-6,8-12H,2-4,7,13H2,1H3,(H2,18,19,20). The molecular formula is C17H22N2S. The number of nitrogens with one attached hydrogen (secondary N) is 2. The van der Waals surface area contributed by atoms with Crippen molar-refractivity contribution in [2.24, 2.45) is 0 Å². The van der Waals surface area contributed by atoms with Crippen molar-refractivity contribution >= 4 is 33.8 Å². The van der Waals surface area contributed by atoms with E-state index in [1.807, 2.05) is 0 Å². The number of anilines is 1. The number of fused-ring (bicyclic) bond motifs is 1. The molecule has 2 N–H and O–H groups in total. The van der Waals surface area contributed by atoms with Crippen molar-refractivity contribution < 1.29 is 0 Å². The van der Waals surface area contributed by atoms with Crippen LogP contribution >= 0.6 is 12.2 Å². The maximum absolute atomic E-state index is 5.35. The minimum atomic E-state index is 0.706. The Morgan fingerprint density at radius 1 is 1.00 bits per heavy atom. The van der Waals surface area contributed by atoms with E-state index in [9.17, 15) is 0 Å². The molecule has 0 radical (unpaired) electrons. The third-order valence-corrected chi connectivity index (χ3v) is 3.60. The van der Waals surface area contributed by atoms with E-state index in [0.29, 0.717) is 5.11 Å². The Bertz CT molecular complexity index is 560. The van der Waals surface area contributed by atoms with Crippen LogP contribution in [0.2, 0.25) is 0 Å². The van der Waals surface area contributed by atoms with Crippen LogP contribution < -0.4 is 10.6 Å². The van der Waals surface area contributed by atoms with Gasteiger partial charge in [-0.1, -0.05) is 62.6 Å². The Hall–Kier alpha value is -1.61. The van der Waals surface area contributed by atoms with Crippen molar-refractivity contribution in [3.63, 3.8) is 0 Å². The molecule has 0 aliphatic heterocycles. The van der Waals surface area contributed by atoms with Gasteiger partial charge in [0.1, 0.15) is 0 Å². The molecular weight excluding hydrogens is 264 g/mol. The fourth-order valence-electron chi connectivity index (χ4n) is 2.25. The lowest BCUT2D eigenvalue weighted by Gasteiger charge is -2.12. The average Bonchev–Trinajstić information content (AvgIpc) is 2.47. The fraction of sp³-hybridized carbons (Fsp3) is 0.353. The highest BCUT2D eigenvalue weighted by Crippen LogP contribution is 2.22. The maximum atomic E-state index is 5.35. The van der Waals surface area contributed by atoms with Crippen molar-refractivity contribution in [3.8, 4) is 0 Å². The lowest BCUT2D eigenvalue weighted by molar-refractivity contribution is 0.655. The second-order valence-corrected chi connectivity index (χ2v) is 5.38. The van der Waals surface area contributed by atoms with Crippen LogP contribution in [0.1, 0.15) is 32.6 Å². The molecule has 0 heterocycles. The number of hydrogen-bond donors (Lipinski definition) is 2. The molecule has 0 atom stereocenters. The van der Waals surface area contributed by atoms with E-state index < -0.39 is 0 Å². The summed E-state index contributed by atoms with van der Waals surface area (Å²) < 4.78 is 0. The zero-order valence-corrected chi connectivity index (χ0v) is 12.8.